The van der Waals surface area contributed by atoms with E-state index in [0.717, 1.165) is 10.8 Å². The molecule has 0 bridgehead atoms. The zero-order valence-corrected chi connectivity index (χ0v) is 13.5. The highest BCUT2D eigenvalue weighted by molar-refractivity contribution is 7.89. The van der Waals surface area contributed by atoms with Gasteiger partial charge in [0, 0.05) is 12.1 Å². The summed E-state index contributed by atoms with van der Waals surface area (Å²) in [4.78, 5) is 0.0990. The molecule has 2 N–H and O–H groups in total. The van der Waals surface area contributed by atoms with Crippen molar-refractivity contribution in [3.8, 4) is 0 Å². The number of sulfonamides is 1. The maximum Gasteiger partial charge on any atom is 0.240 e. The number of aliphatic hydroxyl groups excluding tert-OH is 1. The molecule has 0 saturated carbocycles. The van der Waals surface area contributed by atoms with Crippen LogP contribution in [0.15, 0.2) is 71.6 Å². The van der Waals surface area contributed by atoms with E-state index >= 15 is 0 Å². The van der Waals surface area contributed by atoms with Gasteiger partial charge in [-0.05, 0) is 29.0 Å². The molecule has 0 aromatic heterocycles. The number of rotatable bonds is 5. The topological polar surface area (TPSA) is 66.4 Å². The van der Waals surface area contributed by atoms with Crippen LogP contribution in [0.1, 0.15) is 11.7 Å². The molecular formula is C18H16FNO3S. The van der Waals surface area contributed by atoms with Gasteiger partial charge in [-0.1, -0.05) is 48.5 Å². The predicted molar refractivity (Wildman–Crippen MR) is 90.5 cm³/mol. The molecule has 0 amide bonds. The fourth-order valence-electron chi connectivity index (χ4n) is 2.46. The zero-order chi connectivity index (χ0) is 17.2. The third-order valence-electron chi connectivity index (χ3n) is 3.76. The van der Waals surface area contributed by atoms with Crippen LogP contribution in [0.2, 0.25) is 0 Å². The van der Waals surface area contributed by atoms with Crippen LogP contribution in [0.3, 0.4) is 0 Å². The van der Waals surface area contributed by atoms with E-state index in [2.05, 4.69) is 4.72 Å². The van der Waals surface area contributed by atoms with E-state index in [1.54, 1.807) is 18.2 Å². The van der Waals surface area contributed by atoms with E-state index in [1.807, 2.05) is 24.3 Å². The second-order valence-electron chi connectivity index (χ2n) is 5.40. The predicted octanol–water partition coefficient (Wildman–Crippen LogP) is 2.99. The molecule has 6 heteroatoms. The van der Waals surface area contributed by atoms with Crippen LogP contribution in [-0.2, 0) is 10.0 Å². The molecule has 1 atom stereocenters. The summed E-state index contributed by atoms with van der Waals surface area (Å²) in [7, 11) is -3.80. The number of hydrogen-bond donors (Lipinski definition) is 2. The van der Waals surface area contributed by atoms with Crippen LogP contribution < -0.4 is 4.72 Å². The Morgan fingerprint density at radius 3 is 2.38 bits per heavy atom. The standard InChI is InChI=1S/C18H16FNO3S/c19-17-8-4-3-7-16(17)18(21)12-20-24(22,23)15-10-9-13-5-1-2-6-14(13)11-15/h1-11,18,20-21H,12H2. The van der Waals surface area contributed by atoms with Crippen LogP contribution in [0.4, 0.5) is 4.39 Å². The first kappa shape index (κ1) is 16.6. The Bertz CT molecular complexity index is 973. The lowest BCUT2D eigenvalue weighted by Gasteiger charge is -2.13. The van der Waals surface area contributed by atoms with E-state index < -0.39 is 21.9 Å². The highest BCUT2D eigenvalue weighted by Crippen LogP contribution is 2.20. The zero-order valence-electron chi connectivity index (χ0n) is 12.7. The summed E-state index contributed by atoms with van der Waals surface area (Å²) < 4.78 is 40.7. The van der Waals surface area contributed by atoms with E-state index in [0.29, 0.717) is 0 Å². The first-order chi connectivity index (χ1) is 11.5. The summed E-state index contributed by atoms with van der Waals surface area (Å²) >= 11 is 0. The summed E-state index contributed by atoms with van der Waals surface area (Å²) in [6.45, 7) is -0.309. The van der Waals surface area contributed by atoms with Gasteiger partial charge in [0.15, 0.2) is 0 Å². The van der Waals surface area contributed by atoms with Crippen molar-refractivity contribution in [3.63, 3.8) is 0 Å². The van der Waals surface area contributed by atoms with Crippen molar-refractivity contribution in [2.45, 2.75) is 11.0 Å². The molecule has 24 heavy (non-hydrogen) atoms. The van der Waals surface area contributed by atoms with Gasteiger partial charge in [0.2, 0.25) is 10.0 Å². The van der Waals surface area contributed by atoms with Crippen molar-refractivity contribution in [3.05, 3.63) is 78.1 Å². The Balaban J connectivity index is 1.79. The molecule has 3 aromatic rings. The smallest absolute Gasteiger partial charge is 0.240 e. The molecule has 124 valence electrons. The largest absolute Gasteiger partial charge is 0.387 e. The van der Waals surface area contributed by atoms with Gasteiger partial charge in [-0.2, -0.15) is 0 Å². The minimum Gasteiger partial charge on any atom is -0.387 e. The maximum atomic E-state index is 13.6. The first-order valence-corrected chi connectivity index (χ1v) is 8.87. The van der Waals surface area contributed by atoms with Crippen LogP contribution in [0.5, 0.6) is 0 Å². The monoisotopic (exact) mass is 345 g/mol. The van der Waals surface area contributed by atoms with Crippen molar-refractivity contribution in [1.29, 1.82) is 0 Å². The lowest BCUT2D eigenvalue weighted by Crippen LogP contribution is -2.28. The molecular weight excluding hydrogens is 329 g/mol. The van der Waals surface area contributed by atoms with Gasteiger partial charge in [-0.15, -0.1) is 0 Å². The maximum absolute atomic E-state index is 13.6. The molecule has 4 nitrogen and oxygen atoms in total. The van der Waals surface area contributed by atoms with Crippen molar-refractivity contribution in [1.82, 2.24) is 4.72 Å². The molecule has 0 radical (unpaired) electrons. The summed E-state index contributed by atoms with van der Waals surface area (Å²) in [5, 5.41) is 11.8. The highest BCUT2D eigenvalue weighted by atomic mass is 32.2. The molecule has 1 unspecified atom stereocenters. The molecule has 3 aromatic carbocycles. The van der Waals surface area contributed by atoms with Crippen molar-refractivity contribution in [2.24, 2.45) is 0 Å². The average molecular weight is 345 g/mol. The van der Waals surface area contributed by atoms with E-state index in [1.165, 1.54) is 24.3 Å². The molecule has 0 saturated heterocycles. The van der Waals surface area contributed by atoms with E-state index in [-0.39, 0.29) is 17.0 Å². The van der Waals surface area contributed by atoms with Gasteiger partial charge in [0.25, 0.3) is 0 Å². The Morgan fingerprint density at radius 2 is 1.62 bits per heavy atom. The molecule has 0 fully saturated rings. The normalized spacial score (nSPS) is 13.1. The molecule has 3 rings (SSSR count). The van der Waals surface area contributed by atoms with Gasteiger partial charge >= 0.3 is 0 Å². The van der Waals surface area contributed by atoms with Gasteiger partial charge in [-0.25, -0.2) is 17.5 Å². The summed E-state index contributed by atoms with van der Waals surface area (Å²) in [5.41, 5.74) is 0.0544. The third-order valence-corrected chi connectivity index (χ3v) is 5.18. The quantitative estimate of drug-likeness (QED) is 0.747. The Morgan fingerprint density at radius 1 is 0.958 bits per heavy atom. The number of halogens is 1. The third kappa shape index (κ3) is 3.46. The average Bonchev–Trinajstić information content (AvgIpc) is 2.60. The number of aliphatic hydroxyl groups is 1. The van der Waals surface area contributed by atoms with Gasteiger partial charge < -0.3 is 5.11 Å². The number of hydrogen-bond acceptors (Lipinski definition) is 3. The molecule has 0 heterocycles. The fraction of sp³-hybridized carbons (Fsp3) is 0.111. The lowest BCUT2D eigenvalue weighted by molar-refractivity contribution is 0.177. The Labute approximate surface area is 139 Å². The minimum absolute atomic E-state index is 0.0544. The molecule has 0 spiro atoms. The second-order valence-corrected chi connectivity index (χ2v) is 7.17. The summed E-state index contributed by atoms with van der Waals surface area (Å²) in [6.07, 6.45) is -1.26. The summed E-state index contributed by atoms with van der Waals surface area (Å²) in [6, 6.07) is 17.9. The second kappa shape index (κ2) is 6.68. The number of fused-ring (bicyclic) bond motifs is 1. The molecule has 0 aliphatic carbocycles. The van der Waals surface area contributed by atoms with Crippen LogP contribution in [-0.4, -0.2) is 20.1 Å². The van der Waals surface area contributed by atoms with E-state index in [9.17, 15) is 17.9 Å². The van der Waals surface area contributed by atoms with E-state index in [4.69, 9.17) is 0 Å². The Hall–Kier alpha value is -2.28. The van der Waals surface area contributed by atoms with Gasteiger partial charge in [0.05, 0.1) is 11.0 Å². The Kier molecular flexibility index (Phi) is 4.62. The SMILES string of the molecule is O=S(=O)(NCC(O)c1ccccc1F)c1ccc2ccccc2c1. The fourth-order valence-corrected chi connectivity index (χ4v) is 3.54. The van der Waals surface area contributed by atoms with Crippen LogP contribution in [0.25, 0.3) is 10.8 Å². The lowest BCUT2D eigenvalue weighted by atomic mass is 10.1. The van der Waals surface area contributed by atoms with Crippen molar-refractivity contribution < 1.29 is 17.9 Å². The minimum atomic E-state index is -3.80. The highest BCUT2D eigenvalue weighted by Gasteiger charge is 2.18. The van der Waals surface area contributed by atoms with Crippen LogP contribution in [0, 0.1) is 5.82 Å². The van der Waals surface area contributed by atoms with Crippen molar-refractivity contribution in [2.75, 3.05) is 6.54 Å². The van der Waals surface area contributed by atoms with Crippen LogP contribution >= 0.6 is 0 Å². The van der Waals surface area contributed by atoms with Gasteiger partial charge in [0.1, 0.15) is 5.82 Å². The van der Waals surface area contributed by atoms with Gasteiger partial charge in [-0.3, -0.25) is 0 Å². The first-order valence-electron chi connectivity index (χ1n) is 7.38. The summed E-state index contributed by atoms with van der Waals surface area (Å²) in [5.74, 6) is -0.574. The molecule has 0 aliphatic heterocycles. The number of benzene rings is 3. The molecule has 0 aliphatic rings. The van der Waals surface area contributed by atoms with Crippen molar-refractivity contribution >= 4 is 20.8 Å². The number of nitrogens with one attached hydrogen (secondary N) is 1.